The van der Waals surface area contributed by atoms with Crippen molar-refractivity contribution in [2.24, 2.45) is 5.92 Å². The quantitative estimate of drug-likeness (QED) is 0.735. The van der Waals surface area contributed by atoms with Gasteiger partial charge in [0, 0.05) is 18.2 Å². The van der Waals surface area contributed by atoms with Gasteiger partial charge in [0.2, 0.25) is 0 Å². The lowest BCUT2D eigenvalue weighted by molar-refractivity contribution is 0.0927. The molecule has 1 heterocycles. The van der Waals surface area contributed by atoms with Gasteiger partial charge in [0.1, 0.15) is 0 Å². The minimum absolute atomic E-state index is 0.0881. The van der Waals surface area contributed by atoms with E-state index in [2.05, 4.69) is 52.7 Å². The monoisotopic (exact) mass is 390 g/mol. The summed E-state index contributed by atoms with van der Waals surface area (Å²) in [5.74, 6) is 0.893. The Morgan fingerprint density at radius 3 is 2.21 bits per heavy atom. The van der Waals surface area contributed by atoms with Crippen LogP contribution in [0.4, 0.5) is 0 Å². The summed E-state index contributed by atoms with van der Waals surface area (Å²) in [6.45, 7) is 3.32. The lowest BCUT2D eigenvalue weighted by Crippen LogP contribution is -2.36. The average Bonchev–Trinajstić information content (AvgIpc) is 2.77. The van der Waals surface area contributed by atoms with Gasteiger partial charge >= 0.3 is 0 Å². The molecule has 0 bridgehead atoms. The predicted octanol–water partition coefficient (Wildman–Crippen LogP) is 5.20. The highest BCUT2D eigenvalue weighted by Gasteiger charge is 2.20. The molecule has 1 saturated carbocycles. The van der Waals surface area contributed by atoms with Crippen molar-refractivity contribution in [1.29, 1.82) is 0 Å². The lowest BCUT2D eigenvalue weighted by Gasteiger charge is -2.32. The summed E-state index contributed by atoms with van der Waals surface area (Å²) in [6, 6.07) is 19.5. The number of carbonyl (C=O) groups excluding carboxylic acids is 1. The molecule has 4 rings (SSSR count). The minimum atomic E-state index is 0.0881. The molecule has 1 N–H and O–H groups in total. The molecule has 1 amide bonds. The molecule has 154 valence electrons. The van der Waals surface area contributed by atoms with E-state index in [1.807, 2.05) is 12.1 Å². The number of carbonyl (C=O) groups is 1. The molecule has 2 aromatic rings. The summed E-state index contributed by atoms with van der Waals surface area (Å²) < 4.78 is 0. The van der Waals surface area contributed by atoms with Gasteiger partial charge in [0.05, 0.1) is 0 Å². The molecule has 0 radical (unpaired) electrons. The molecular weight excluding hydrogens is 356 g/mol. The van der Waals surface area contributed by atoms with Crippen LogP contribution in [0.1, 0.15) is 66.4 Å². The number of piperidine rings is 1. The van der Waals surface area contributed by atoms with E-state index in [4.69, 9.17) is 0 Å². The van der Waals surface area contributed by atoms with E-state index in [1.165, 1.54) is 62.7 Å². The normalized spacial score (nSPS) is 19.2. The molecule has 2 aliphatic rings. The molecule has 29 heavy (non-hydrogen) atoms. The van der Waals surface area contributed by atoms with Crippen molar-refractivity contribution < 1.29 is 4.79 Å². The van der Waals surface area contributed by atoms with Gasteiger partial charge in [-0.15, -0.1) is 0 Å². The number of amides is 1. The van der Waals surface area contributed by atoms with Gasteiger partial charge in [-0.3, -0.25) is 9.69 Å². The van der Waals surface area contributed by atoms with Crippen LogP contribution in [0.25, 0.3) is 0 Å². The van der Waals surface area contributed by atoms with Gasteiger partial charge in [-0.25, -0.2) is 0 Å². The van der Waals surface area contributed by atoms with E-state index in [-0.39, 0.29) is 5.91 Å². The molecule has 0 spiro atoms. The van der Waals surface area contributed by atoms with E-state index in [0.717, 1.165) is 30.9 Å². The topological polar surface area (TPSA) is 32.3 Å². The molecule has 0 atom stereocenters. The van der Waals surface area contributed by atoms with Crippen molar-refractivity contribution in [3.05, 3.63) is 71.3 Å². The number of nitrogens with one attached hydrogen (secondary N) is 1. The maximum atomic E-state index is 12.5. The van der Waals surface area contributed by atoms with E-state index < -0.39 is 0 Å². The Bertz CT molecular complexity index is 757. The summed E-state index contributed by atoms with van der Waals surface area (Å²) in [5, 5.41) is 3.21. The highest BCUT2D eigenvalue weighted by Crippen LogP contribution is 2.23. The fourth-order valence-corrected chi connectivity index (χ4v) is 4.83. The highest BCUT2D eigenvalue weighted by molar-refractivity contribution is 5.94. The predicted molar refractivity (Wildman–Crippen MR) is 119 cm³/mol. The average molecular weight is 391 g/mol. The van der Waals surface area contributed by atoms with Crippen LogP contribution in [0.3, 0.4) is 0 Å². The second-order valence-electron chi connectivity index (χ2n) is 8.91. The largest absolute Gasteiger partial charge is 0.349 e. The first-order chi connectivity index (χ1) is 14.3. The third kappa shape index (κ3) is 5.93. The first-order valence-corrected chi connectivity index (χ1v) is 11.4. The third-order valence-electron chi connectivity index (χ3n) is 6.64. The number of benzene rings is 2. The third-order valence-corrected chi connectivity index (χ3v) is 6.64. The van der Waals surface area contributed by atoms with Crippen LogP contribution >= 0.6 is 0 Å². The fraction of sp³-hybridized carbons (Fsp3) is 0.500. The summed E-state index contributed by atoms with van der Waals surface area (Å²) in [5.41, 5.74) is 3.56. The number of nitrogens with zero attached hydrogens (tertiary/aromatic N) is 1. The zero-order valence-corrected chi connectivity index (χ0v) is 17.5. The second kappa shape index (κ2) is 10.1. The Labute approximate surface area is 175 Å². The van der Waals surface area contributed by atoms with Crippen LogP contribution in [0.5, 0.6) is 0 Å². The van der Waals surface area contributed by atoms with Crippen LogP contribution in [0, 0.1) is 5.92 Å². The second-order valence-corrected chi connectivity index (χ2v) is 8.91. The van der Waals surface area contributed by atoms with Crippen LogP contribution in [-0.2, 0) is 13.0 Å². The van der Waals surface area contributed by atoms with Crippen molar-refractivity contribution in [1.82, 2.24) is 10.2 Å². The number of rotatable bonds is 6. The van der Waals surface area contributed by atoms with Gasteiger partial charge in [0.25, 0.3) is 5.91 Å². The number of hydrogen-bond donors (Lipinski definition) is 1. The molecule has 0 aromatic heterocycles. The molecule has 2 fully saturated rings. The van der Waals surface area contributed by atoms with Gasteiger partial charge in [-0.1, -0.05) is 61.7 Å². The maximum Gasteiger partial charge on any atom is 0.251 e. The fourth-order valence-electron chi connectivity index (χ4n) is 4.83. The zero-order valence-electron chi connectivity index (χ0n) is 17.5. The first-order valence-electron chi connectivity index (χ1n) is 11.4. The number of likely N-dealkylation sites (tertiary alicyclic amines) is 1. The summed E-state index contributed by atoms with van der Waals surface area (Å²) in [7, 11) is 0. The van der Waals surface area contributed by atoms with E-state index >= 15 is 0 Å². The smallest absolute Gasteiger partial charge is 0.251 e. The van der Waals surface area contributed by atoms with Crippen LogP contribution in [0.15, 0.2) is 54.6 Å². The molecule has 3 heteroatoms. The van der Waals surface area contributed by atoms with Gasteiger partial charge in [0.15, 0.2) is 0 Å². The maximum absolute atomic E-state index is 12.5. The molecular formula is C26H34N2O. The first kappa shape index (κ1) is 20.2. The molecule has 1 saturated heterocycles. The van der Waals surface area contributed by atoms with E-state index in [0.29, 0.717) is 6.04 Å². The molecule has 1 aliphatic heterocycles. The Hall–Kier alpha value is -2.13. The minimum Gasteiger partial charge on any atom is -0.349 e. The zero-order chi connectivity index (χ0) is 19.9. The Balaban J connectivity index is 1.22. The van der Waals surface area contributed by atoms with Gasteiger partial charge in [-0.2, -0.15) is 0 Å². The summed E-state index contributed by atoms with van der Waals surface area (Å²) in [6.07, 6.45) is 9.81. The van der Waals surface area contributed by atoms with E-state index in [9.17, 15) is 4.79 Å². The SMILES string of the molecule is O=C(NC1CCCCC1)c1ccc(CN2CCC(Cc3ccccc3)CC2)cc1. The Morgan fingerprint density at radius 2 is 1.52 bits per heavy atom. The van der Waals surface area contributed by atoms with Crippen molar-refractivity contribution in [2.75, 3.05) is 13.1 Å². The summed E-state index contributed by atoms with van der Waals surface area (Å²) in [4.78, 5) is 15.0. The van der Waals surface area contributed by atoms with Crippen molar-refractivity contribution in [3.63, 3.8) is 0 Å². The molecule has 0 unspecified atom stereocenters. The summed E-state index contributed by atoms with van der Waals surface area (Å²) >= 11 is 0. The van der Waals surface area contributed by atoms with Crippen molar-refractivity contribution in [2.45, 2.75) is 64.0 Å². The molecule has 1 aliphatic carbocycles. The Kier molecular flexibility index (Phi) is 7.00. The molecule has 3 nitrogen and oxygen atoms in total. The van der Waals surface area contributed by atoms with Crippen LogP contribution < -0.4 is 5.32 Å². The van der Waals surface area contributed by atoms with Crippen LogP contribution in [0.2, 0.25) is 0 Å². The Morgan fingerprint density at radius 1 is 0.828 bits per heavy atom. The highest BCUT2D eigenvalue weighted by atomic mass is 16.1. The molecule has 2 aromatic carbocycles. The van der Waals surface area contributed by atoms with E-state index in [1.54, 1.807) is 0 Å². The standard InChI is InChI=1S/C26H34N2O/c29-26(27-25-9-5-2-6-10-25)24-13-11-23(12-14-24)20-28-17-15-22(16-18-28)19-21-7-3-1-4-8-21/h1,3-4,7-8,11-14,22,25H,2,5-6,9-10,15-20H2,(H,27,29). The van der Waals surface area contributed by atoms with Crippen molar-refractivity contribution >= 4 is 5.91 Å². The number of hydrogen-bond acceptors (Lipinski definition) is 2. The lowest BCUT2D eigenvalue weighted by atomic mass is 9.90. The van der Waals surface area contributed by atoms with Gasteiger partial charge < -0.3 is 5.32 Å². The van der Waals surface area contributed by atoms with Crippen molar-refractivity contribution in [3.8, 4) is 0 Å². The van der Waals surface area contributed by atoms with Crippen LogP contribution in [-0.4, -0.2) is 29.9 Å². The van der Waals surface area contributed by atoms with Gasteiger partial charge in [-0.05, 0) is 74.4 Å².